The molecule has 5 rings (SSSR count). The summed E-state index contributed by atoms with van der Waals surface area (Å²) in [6, 6.07) is 14.2. The number of methoxy groups -OCH3 is 1. The molecule has 5 nitrogen and oxygen atoms in total. The molecule has 4 aromatic rings. The highest BCUT2D eigenvalue weighted by Crippen LogP contribution is 2.47. The maximum Gasteiger partial charge on any atom is 0.416 e. The first-order chi connectivity index (χ1) is 17.5. The molecule has 1 aromatic heterocycles. The highest BCUT2D eigenvalue weighted by Gasteiger charge is 2.43. The second-order valence-corrected chi connectivity index (χ2v) is 8.59. The van der Waals surface area contributed by atoms with E-state index in [1.54, 1.807) is 24.3 Å². The van der Waals surface area contributed by atoms with E-state index in [4.69, 9.17) is 4.74 Å². The summed E-state index contributed by atoms with van der Waals surface area (Å²) in [4.78, 5) is 25.4. The molecule has 0 bridgehead atoms. The number of hydrogen-bond acceptors (Lipinski definition) is 4. The molecule has 3 aromatic carbocycles. The third kappa shape index (κ3) is 4.02. The third-order valence-corrected chi connectivity index (χ3v) is 6.44. The first-order valence-electron chi connectivity index (χ1n) is 11.2. The molecule has 0 aliphatic carbocycles. The summed E-state index contributed by atoms with van der Waals surface area (Å²) in [6.45, 7) is -0.156. The fourth-order valence-corrected chi connectivity index (χ4v) is 4.75. The summed E-state index contributed by atoms with van der Waals surface area (Å²) in [5.74, 6) is -4.77. The van der Waals surface area contributed by atoms with E-state index >= 15 is 8.78 Å². The number of alkyl halides is 5. The van der Waals surface area contributed by atoms with Gasteiger partial charge in [0.05, 0.1) is 12.7 Å². The van der Waals surface area contributed by atoms with Crippen LogP contribution < -0.4 is 10.9 Å². The molecule has 0 saturated carbocycles. The third-order valence-electron chi connectivity index (χ3n) is 6.44. The van der Waals surface area contributed by atoms with Crippen molar-refractivity contribution in [3.05, 3.63) is 99.8 Å². The highest BCUT2D eigenvalue weighted by molar-refractivity contribution is 5.89. The molecule has 0 fully saturated rings. The second-order valence-electron chi connectivity index (χ2n) is 8.59. The highest BCUT2D eigenvalue weighted by atomic mass is 19.4. The number of rotatable bonds is 4. The number of carbonyl (C=O) groups excluding carboxylic acids is 1. The number of fused-ring (bicyclic) bond motifs is 2. The van der Waals surface area contributed by atoms with Crippen molar-refractivity contribution in [1.82, 2.24) is 4.57 Å². The van der Waals surface area contributed by atoms with Crippen LogP contribution in [0.3, 0.4) is 0 Å². The molecule has 0 spiro atoms. The second kappa shape index (κ2) is 8.72. The van der Waals surface area contributed by atoms with Gasteiger partial charge in [0.1, 0.15) is 5.82 Å². The Morgan fingerprint density at radius 3 is 2.38 bits per heavy atom. The Bertz CT molecular complexity index is 1590. The van der Waals surface area contributed by atoms with Gasteiger partial charge in [-0.05, 0) is 28.5 Å². The van der Waals surface area contributed by atoms with Gasteiger partial charge in [-0.2, -0.15) is 22.0 Å². The summed E-state index contributed by atoms with van der Waals surface area (Å²) in [6.07, 6.45) is -4.73. The summed E-state index contributed by atoms with van der Waals surface area (Å²) in [5.41, 5.74) is -3.65. The van der Waals surface area contributed by atoms with Crippen LogP contribution in [0, 0.1) is 0 Å². The van der Waals surface area contributed by atoms with Gasteiger partial charge in [0.25, 0.3) is 11.5 Å². The molecular formula is C27H19F5N2O3. The van der Waals surface area contributed by atoms with Crippen molar-refractivity contribution >= 4 is 22.6 Å². The molecule has 0 saturated heterocycles. The van der Waals surface area contributed by atoms with Gasteiger partial charge in [0, 0.05) is 29.3 Å². The summed E-state index contributed by atoms with van der Waals surface area (Å²) < 4.78 is 79.0. The number of nitrogens with zero attached hydrogens (tertiary/aromatic N) is 1. The van der Waals surface area contributed by atoms with Crippen molar-refractivity contribution in [2.75, 3.05) is 19.0 Å². The van der Waals surface area contributed by atoms with Crippen LogP contribution in [0.5, 0.6) is 0 Å². The minimum Gasteiger partial charge on any atom is -0.467 e. The summed E-state index contributed by atoms with van der Waals surface area (Å²) in [7, 11) is 1.11. The van der Waals surface area contributed by atoms with Crippen LogP contribution in [0.25, 0.3) is 21.9 Å². The van der Waals surface area contributed by atoms with Crippen LogP contribution in [0.4, 0.5) is 27.8 Å². The molecule has 0 radical (unpaired) electrons. The average Bonchev–Trinajstić information content (AvgIpc) is 3.33. The lowest BCUT2D eigenvalue weighted by Crippen LogP contribution is -2.30. The lowest BCUT2D eigenvalue weighted by molar-refractivity contribution is -0.143. The van der Waals surface area contributed by atoms with E-state index < -0.39 is 46.4 Å². The van der Waals surface area contributed by atoms with E-state index in [1.165, 1.54) is 24.3 Å². The van der Waals surface area contributed by atoms with Gasteiger partial charge in [0.2, 0.25) is 0 Å². The van der Waals surface area contributed by atoms with Crippen LogP contribution in [0.1, 0.15) is 22.7 Å². The van der Waals surface area contributed by atoms with Crippen molar-refractivity contribution in [1.29, 1.82) is 0 Å². The van der Waals surface area contributed by atoms with Gasteiger partial charge >= 0.3 is 12.1 Å². The number of pyridine rings is 1. The fraction of sp³-hybridized carbons (Fsp3) is 0.185. The monoisotopic (exact) mass is 514 g/mol. The van der Waals surface area contributed by atoms with Crippen molar-refractivity contribution in [2.24, 2.45) is 0 Å². The molecule has 2 heterocycles. The molecular weight excluding hydrogens is 495 g/mol. The number of halogens is 5. The van der Waals surface area contributed by atoms with E-state index in [-0.39, 0.29) is 28.9 Å². The van der Waals surface area contributed by atoms with Gasteiger partial charge in [0.15, 0.2) is 6.04 Å². The molecule has 1 N–H and O–H groups in total. The number of anilines is 1. The van der Waals surface area contributed by atoms with E-state index in [0.29, 0.717) is 11.5 Å². The smallest absolute Gasteiger partial charge is 0.416 e. The van der Waals surface area contributed by atoms with Crippen molar-refractivity contribution < 1.29 is 31.5 Å². The largest absolute Gasteiger partial charge is 0.467 e. The fourth-order valence-electron chi connectivity index (χ4n) is 4.75. The zero-order valence-corrected chi connectivity index (χ0v) is 19.3. The van der Waals surface area contributed by atoms with Gasteiger partial charge in [-0.25, -0.2) is 4.79 Å². The first kappa shape index (κ1) is 24.5. The Kier molecular flexibility index (Phi) is 5.77. The van der Waals surface area contributed by atoms with Gasteiger partial charge in [-0.15, -0.1) is 0 Å². The summed E-state index contributed by atoms with van der Waals surface area (Å²) in [5, 5.41) is 3.54. The number of esters is 1. The molecule has 1 aliphatic heterocycles. The minimum absolute atomic E-state index is 0.156. The number of carbonyl (C=O) groups is 1. The molecule has 1 unspecified atom stereocenters. The molecule has 10 heteroatoms. The predicted octanol–water partition coefficient (Wildman–Crippen LogP) is 5.97. The first-order valence-corrected chi connectivity index (χ1v) is 11.2. The number of benzene rings is 3. The number of hydrogen-bond donors (Lipinski definition) is 1. The number of nitrogens with one attached hydrogen (secondary N) is 1. The molecule has 190 valence electrons. The van der Waals surface area contributed by atoms with E-state index in [9.17, 15) is 22.8 Å². The quantitative estimate of drug-likeness (QED) is 0.270. The molecule has 1 atom stereocenters. The minimum atomic E-state index is -4.73. The predicted molar refractivity (Wildman–Crippen MR) is 128 cm³/mol. The van der Waals surface area contributed by atoms with Gasteiger partial charge in [-0.3, -0.25) is 9.36 Å². The van der Waals surface area contributed by atoms with Crippen molar-refractivity contribution in [3.63, 3.8) is 0 Å². The van der Waals surface area contributed by atoms with Gasteiger partial charge in [-0.1, -0.05) is 54.6 Å². The average molecular weight is 514 g/mol. The Balaban J connectivity index is 1.84. The molecule has 0 amide bonds. The van der Waals surface area contributed by atoms with Crippen LogP contribution in [-0.4, -0.2) is 24.2 Å². The zero-order chi connectivity index (χ0) is 26.5. The lowest BCUT2D eigenvalue weighted by atomic mass is 9.89. The topological polar surface area (TPSA) is 60.3 Å². The zero-order valence-electron chi connectivity index (χ0n) is 19.3. The van der Waals surface area contributed by atoms with Crippen LogP contribution >= 0.6 is 0 Å². The standard InChI is InChI=1S/C27H19F5N2O3/c1-37-25(36)21-14-33-24-23(16-8-4-9-17(12-16)27(30,31)32)20(13-22(35)34(21)24)26(28,29)19-11-5-7-15-6-2-3-10-18(15)19/h2-13,21,33H,14H2,1H3. The normalized spacial score (nSPS) is 15.4. The van der Waals surface area contributed by atoms with Crippen molar-refractivity contribution in [2.45, 2.75) is 18.1 Å². The Morgan fingerprint density at radius 1 is 0.946 bits per heavy atom. The molecule has 37 heavy (non-hydrogen) atoms. The maximum atomic E-state index is 16.4. The SMILES string of the molecule is COC(=O)C1CNc2c(-c3cccc(C(F)(F)F)c3)c(C(F)(F)c3cccc4ccccc34)cc(=O)n21. The number of ether oxygens (including phenoxy) is 1. The van der Waals surface area contributed by atoms with Crippen LogP contribution in [0.15, 0.2) is 77.6 Å². The Labute approximate surface area is 207 Å². The summed E-state index contributed by atoms with van der Waals surface area (Å²) >= 11 is 0. The molecule has 1 aliphatic rings. The van der Waals surface area contributed by atoms with Gasteiger partial charge < -0.3 is 10.1 Å². The Morgan fingerprint density at radius 2 is 1.65 bits per heavy atom. The van der Waals surface area contributed by atoms with E-state index in [2.05, 4.69) is 5.32 Å². The number of aromatic nitrogens is 1. The van der Waals surface area contributed by atoms with Crippen LogP contribution in [-0.2, 0) is 21.6 Å². The van der Waals surface area contributed by atoms with Crippen LogP contribution in [0.2, 0.25) is 0 Å². The lowest BCUT2D eigenvalue weighted by Gasteiger charge is -2.25. The maximum absolute atomic E-state index is 16.4. The van der Waals surface area contributed by atoms with Crippen molar-refractivity contribution in [3.8, 4) is 11.1 Å². The van der Waals surface area contributed by atoms with E-state index in [0.717, 1.165) is 29.9 Å². The van der Waals surface area contributed by atoms with E-state index in [1.807, 2.05) is 0 Å². The Hall–Kier alpha value is -4.21.